The number of pyridine rings is 1. The van der Waals surface area contributed by atoms with Crippen LogP contribution in [0.4, 0.5) is 0 Å². The summed E-state index contributed by atoms with van der Waals surface area (Å²) in [6.07, 6.45) is 0.688. The van der Waals surface area contributed by atoms with E-state index < -0.39 is 36.5 Å². The van der Waals surface area contributed by atoms with Crippen molar-refractivity contribution < 1.29 is 38.3 Å². The predicted octanol–water partition coefficient (Wildman–Crippen LogP) is 3.47. The highest BCUT2D eigenvalue weighted by atomic mass is 16.6. The molecule has 1 saturated heterocycles. The van der Waals surface area contributed by atoms with E-state index in [0.717, 1.165) is 18.4 Å². The number of rotatable bonds is 9. The molecule has 0 amide bonds. The second-order valence-corrected chi connectivity index (χ2v) is 8.94. The number of aliphatic hydroxyl groups is 1. The molecular formula is C29H30NO7+. The van der Waals surface area contributed by atoms with Crippen molar-refractivity contribution >= 4 is 17.7 Å². The largest absolute Gasteiger partial charge is 0.459 e. The first-order chi connectivity index (χ1) is 17.9. The molecule has 192 valence electrons. The topological polar surface area (TPSA) is 103 Å². The van der Waals surface area contributed by atoms with Gasteiger partial charge in [0.15, 0.2) is 30.4 Å². The van der Waals surface area contributed by atoms with Gasteiger partial charge in [-0.25, -0.2) is 9.59 Å². The van der Waals surface area contributed by atoms with E-state index >= 15 is 0 Å². The first-order valence-corrected chi connectivity index (χ1v) is 12.2. The minimum atomic E-state index is -1.28. The van der Waals surface area contributed by atoms with E-state index in [2.05, 4.69) is 0 Å². The molecule has 1 N–H and O–H groups in total. The van der Waals surface area contributed by atoms with Crippen LogP contribution < -0.4 is 4.57 Å². The van der Waals surface area contributed by atoms with Gasteiger partial charge in [0.2, 0.25) is 0 Å². The van der Waals surface area contributed by atoms with Crippen LogP contribution in [-0.2, 0) is 20.6 Å². The summed E-state index contributed by atoms with van der Waals surface area (Å²) in [5, 5.41) is 11.3. The van der Waals surface area contributed by atoms with Gasteiger partial charge in [0.05, 0.1) is 16.7 Å². The molecule has 4 rings (SSSR count). The summed E-state index contributed by atoms with van der Waals surface area (Å²) in [6.45, 7) is 3.25. The van der Waals surface area contributed by atoms with Crippen LogP contribution in [0.3, 0.4) is 0 Å². The zero-order valence-corrected chi connectivity index (χ0v) is 20.8. The lowest BCUT2D eigenvalue weighted by molar-refractivity contribution is -0.766. The number of nitrogens with zero attached hydrogens (tertiary/aromatic N) is 1. The normalized spacial score (nSPS) is 20.8. The van der Waals surface area contributed by atoms with Crippen molar-refractivity contribution in [1.82, 2.24) is 0 Å². The van der Waals surface area contributed by atoms with Crippen molar-refractivity contribution in [2.45, 2.75) is 51.2 Å². The van der Waals surface area contributed by atoms with Crippen molar-refractivity contribution in [2.24, 2.45) is 0 Å². The SMILES string of the molecule is CCCc1cc(C(C)=O)c[n+](C2OC(COC(=O)c3ccccc3)C(OC(=O)c3ccccc3)C2O)c1. The van der Waals surface area contributed by atoms with Gasteiger partial charge in [-0.2, -0.15) is 4.57 Å². The standard InChI is InChI=1S/C29H30NO7/c1-3-10-20-15-23(19(2)31)17-30(16-20)27-25(32)26(37-29(34)22-13-8-5-9-14-22)24(36-27)18-35-28(33)21-11-6-4-7-12-21/h4-9,11-17,24-27,32H,3,10,18H2,1-2H3/q+1. The maximum Gasteiger partial charge on any atom is 0.338 e. The summed E-state index contributed by atoms with van der Waals surface area (Å²) < 4.78 is 18.9. The summed E-state index contributed by atoms with van der Waals surface area (Å²) in [4.78, 5) is 37.5. The molecule has 4 unspecified atom stereocenters. The van der Waals surface area contributed by atoms with Crippen LogP contribution in [0.5, 0.6) is 0 Å². The Morgan fingerprint density at radius 3 is 2.14 bits per heavy atom. The lowest BCUT2D eigenvalue weighted by Gasteiger charge is -2.19. The van der Waals surface area contributed by atoms with E-state index in [-0.39, 0.29) is 12.4 Å². The molecule has 0 radical (unpaired) electrons. The Kier molecular flexibility index (Phi) is 8.43. The number of aromatic nitrogens is 1. The van der Waals surface area contributed by atoms with E-state index in [9.17, 15) is 19.5 Å². The molecule has 0 bridgehead atoms. The van der Waals surface area contributed by atoms with Crippen molar-refractivity contribution in [3.63, 3.8) is 0 Å². The number of carbonyl (C=O) groups is 3. The van der Waals surface area contributed by atoms with Crippen LogP contribution in [0.2, 0.25) is 0 Å². The van der Waals surface area contributed by atoms with Crippen LogP contribution in [0.1, 0.15) is 63.1 Å². The zero-order valence-electron chi connectivity index (χ0n) is 20.8. The number of ketones is 1. The molecule has 2 aromatic carbocycles. The van der Waals surface area contributed by atoms with E-state index in [1.54, 1.807) is 77.6 Å². The van der Waals surface area contributed by atoms with Crippen LogP contribution in [0.15, 0.2) is 79.1 Å². The van der Waals surface area contributed by atoms with Crippen molar-refractivity contribution in [2.75, 3.05) is 6.61 Å². The fourth-order valence-corrected chi connectivity index (χ4v) is 4.26. The summed E-state index contributed by atoms with van der Waals surface area (Å²) in [7, 11) is 0. The van der Waals surface area contributed by atoms with Gasteiger partial charge in [0.25, 0.3) is 6.23 Å². The van der Waals surface area contributed by atoms with Gasteiger partial charge in [0.1, 0.15) is 12.7 Å². The maximum absolute atomic E-state index is 12.8. The van der Waals surface area contributed by atoms with Gasteiger partial charge in [-0.05, 0) is 43.7 Å². The molecule has 1 aliphatic rings. The van der Waals surface area contributed by atoms with Crippen LogP contribution in [0, 0.1) is 0 Å². The Balaban J connectivity index is 1.60. The predicted molar refractivity (Wildman–Crippen MR) is 133 cm³/mol. The highest BCUT2D eigenvalue weighted by Crippen LogP contribution is 2.29. The average Bonchev–Trinajstić information content (AvgIpc) is 3.23. The average molecular weight is 505 g/mol. The fourth-order valence-electron chi connectivity index (χ4n) is 4.26. The summed E-state index contributed by atoms with van der Waals surface area (Å²) >= 11 is 0. The van der Waals surface area contributed by atoms with E-state index in [0.29, 0.717) is 16.7 Å². The molecule has 2 heterocycles. The number of carbonyl (C=O) groups excluding carboxylic acids is 3. The second kappa shape index (κ2) is 11.9. The number of hydrogen-bond donors (Lipinski definition) is 1. The molecule has 1 aliphatic heterocycles. The maximum atomic E-state index is 12.8. The van der Waals surface area contributed by atoms with Crippen molar-refractivity contribution in [3.8, 4) is 0 Å². The third-order valence-corrected chi connectivity index (χ3v) is 6.13. The monoisotopic (exact) mass is 504 g/mol. The number of hydrogen-bond acceptors (Lipinski definition) is 7. The van der Waals surface area contributed by atoms with Crippen LogP contribution in [0.25, 0.3) is 0 Å². The molecule has 4 atom stereocenters. The van der Waals surface area contributed by atoms with Crippen LogP contribution >= 0.6 is 0 Å². The molecule has 37 heavy (non-hydrogen) atoms. The highest BCUT2D eigenvalue weighted by Gasteiger charge is 2.52. The summed E-state index contributed by atoms with van der Waals surface area (Å²) in [5.74, 6) is -1.33. The van der Waals surface area contributed by atoms with E-state index in [1.807, 2.05) is 13.0 Å². The van der Waals surface area contributed by atoms with Gasteiger partial charge in [-0.1, -0.05) is 49.7 Å². The number of Topliss-reactive ketones (excluding diaryl/α,β-unsaturated/α-hetero) is 1. The highest BCUT2D eigenvalue weighted by molar-refractivity contribution is 5.93. The lowest BCUT2D eigenvalue weighted by Crippen LogP contribution is -2.47. The van der Waals surface area contributed by atoms with Crippen LogP contribution in [-0.4, -0.2) is 47.7 Å². The Hall–Kier alpha value is -3.88. The van der Waals surface area contributed by atoms with E-state index in [1.165, 1.54) is 6.92 Å². The molecule has 3 aromatic rings. The first-order valence-electron chi connectivity index (χ1n) is 12.2. The summed E-state index contributed by atoms with van der Waals surface area (Å²) in [5.41, 5.74) is 2.05. The zero-order chi connectivity index (χ0) is 26.4. The van der Waals surface area contributed by atoms with Crippen molar-refractivity contribution in [1.29, 1.82) is 0 Å². The van der Waals surface area contributed by atoms with Gasteiger partial charge in [-0.3, -0.25) is 4.79 Å². The molecule has 0 spiro atoms. The number of aryl methyl sites for hydroxylation is 1. The minimum absolute atomic E-state index is 0.125. The van der Waals surface area contributed by atoms with Crippen molar-refractivity contribution in [3.05, 3.63) is 101 Å². The third kappa shape index (κ3) is 6.28. The third-order valence-electron chi connectivity index (χ3n) is 6.13. The molecule has 0 aliphatic carbocycles. The fraction of sp³-hybridized carbons (Fsp3) is 0.310. The van der Waals surface area contributed by atoms with Gasteiger partial charge < -0.3 is 19.3 Å². The number of ether oxygens (including phenoxy) is 3. The van der Waals surface area contributed by atoms with E-state index in [4.69, 9.17) is 14.2 Å². The number of benzene rings is 2. The Morgan fingerprint density at radius 2 is 1.54 bits per heavy atom. The summed E-state index contributed by atoms with van der Waals surface area (Å²) in [6, 6.07) is 18.7. The van der Waals surface area contributed by atoms with Gasteiger partial charge >= 0.3 is 11.9 Å². The quantitative estimate of drug-likeness (QED) is 0.270. The Labute approximate surface area is 215 Å². The number of aliphatic hydroxyl groups excluding tert-OH is 1. The van der Waals surface area contributed by atoms with Gasteiger partial charge in [-0.15, -0.1) is 0 Å². The molecule has 8 heteroatoms. The van der Waals surface area contributed by atoms with Gasteiger partial charge in [0, 0.05) is 5.56 Å². The first kappa shape index (κ1) is 26.2. The molecule has 8 nitrogen and oxygen atoms in total. The Morgan fingerprint density at radius 1 is 0.919 bits per heavy atom. The molecule has 1 aromatic heterocycles. The molecule has 0 saturated carbocycles. The Bertz CT molecular complexity index is 1250. The number of esters is 2. The second-order valence-electron chi connectivity index (χ2n) is 8.94. The smallest absolute Gasteiger partial charge is 0.338 e. The minimum Gasteiger partial charge on any atom is -0.459 e. The molecular weight excluding hydrogens is 474 g/mol. The lowest BCUT2D eigenvalue weighted by atomic mass is 10.1. The molecule has 1 fully saturated rings.